The van der Waals surface area contributed by atoms with E-state index in [0.717, 1.165) is 22.2 Å². The van der Waals surface area contributed by atoms with Crippen LogP contribution in [0.15, 0.2) is 79.1 Å². The summed E-state index contributed by atoms with van der Waals surface area (Å²) in [7, 11) is 0. The largest absolute Gasteiger partial charge is 0.322 e. The summed E-state index contributed by atoms with van der Waals surface area (Å²) in [4.78, 5) is 21.6. The molecule has 1 aromatic heterocycles. The van der Waals surface area contributed by atoms with E-state index >= 15 is 0 Å². The van der Waals surface area contributed by atoms with Crippen molar-refractivity contribution < 1.29 is 4.79 Å². The summed E-state index contributed by atoms with van der Waals surface area (Å²) >= 11 is 6.00. The third-order valence-corrected chi connectivity index (χ3v) is 4.29. The third kappa shape index (κ3) is 3.15. The van der Waals surface area contributed by atoms with Gasteiger partial charge in [0.05, 0.1) is 11.2 Å². The van der Waals surface area contributed by atoms with Gasteiger partial charge in [-0.1, -0.05) is 54.1 Å². The molecule has 0 bridgehead atoms. The van der Waals surface area contributed by atoms with Gasteiger partial charge in [0.1, 0.15) is 6.33 Å². The number of benzene rings is 3. The van der Waals surface area contributed by atoms with Crippen LogP contribution in [0.1, 0.15) is 10.4 Å². The second-order valence-corrected chi connectivity index (χ2v) is 6.19. The molecule has 0 saturated heterocycles. The molecule has 0 aliphatic heterocycles. The van der Waals surface area contributed by atoms with Crippen LogP contribution in [0.3, 0.4) is 0 Å². The van der Waals surface area contributed by atoms with Crippen molar-refractivity contribution in [1.82, 2.24) is 9.97 Å². The van der Waals surface area contributed by atoms with Crippen molar-refractivity contribution in [3.05, 3.63) is 89.7 Å². The Morgan fingerprint density at radius 3 is 2.58 bits per heavy atom. The number of para-hydroxylation sites is 1. The normalized spacial score (nSPS) is 10.7. The third-order valence-electron chi connectivity index (χ3n) is 4.05. The Bertz CT molecular complexity index is 1110. The number of nitrogens with zero attached hydrogens (tertiary/aromatic N) is 2. The number of rotatable bonds is 3. The zero-order chi connectivity index (χ0) is 17.9. The fourth-order valence-electron chi connectivity index (χ4n) is 2.87. The molecule has 0 spiro atoms. The van der Waals surface area contributed by atoms with Gasteiger partial charge in [-0.15, -0.1) is 0 Å². The second kappa shape index (κ2) is 6.94. The molecule has 126 valence electrons. The monoisotopic (exact) mass is 359 g/mol. The Hall–Kier alpha value is -3.24. The van der Waals surface area contributed by atoms with Gasteiger partial charge < -0.3 is 5.32 Å². The lowest BCUT2D eigenvalue weighted by atomic mass is 10.0. The molecule has 26 heavy (non-hydrogen) atoms. The number of carbonyl (C=O) groups excluding carboxylic acids is 1. The average molecular weight is 360 g/mol. The van der Waals surface area contributed by atoms with Crippen molar-refractivity contribution >= 4 is 34.1 Å². The molecule has 4 rings (SSSR count). The van der Waals surface area contributed by atoms with Crippen molar-refractivity contribution in [2.75, 3.05) is 5.32 Å². The minimum atomic E-state index is -0.217. The highest BCUT2D eigenvalue weighted by Gasteiger charge is 2.15. The zero-order valence-corrected chi connectivity index (χ0v) is 14.4. The van der Waals surface area contributed by atoms with Crippen LogP contribution in [0.2, 0.25) is 5.02 Å². The average Bonchev–Trinajstić information content (AvgIpc) is 2.67. The zero-order valence-electron chi connectivity index (χ0n) is 13.7. The first-order valence-corrected chi connectivity index (χ1v) is 8.46. The first-order chi connectivity index (χ1) is 12.7. The lowest BCUT2D eigenvalue weighted by molar-refractivity contribution is 0.102. The summed E-state index contributed by atoms with van der Waals surface area (Å²) in [5, 5.41) is 4.36. The molecule has 0 unspecified atom stereocenters. The minimum Gasteiger partial charge on any atom is -0.322 e. The van der Waals surface area contributed by atoms with Gasteiger partial charge >= 0.3 is 0 Å². The number of amides is 1. The number of hydrogen-bond donors (Lipinski definition) is 1. The van der Waals surface area contributed by atoms with Gasteiger partial charge in [0.2, 0.25) is 0 Å². The predicted octanol–water partition coefficient (Wildman–Crippen LogP) is 5.20. The van der Waals surface area contributed by atoms with Crippen LogP contribution in [-0.2, 0) is 0 Å². The molecule has 0 atom stereocenters. The fourth-order valence-corrected chi connectivity index (χ4v) is 3.06. The van der Waals surface area contributed by atoms with E-state index in [4.69, 9.17) is 11.6 Å². The van der Waals surface area contributed by atoms with Gasteiger partial charge in [-0.25, -0.2) is 9.97 Å². The number of nitrogens with one attached hydrogen (secondary N) is 1. The molecule has 5 heteroatoms. The molecule has 3 aromatic carbocycles. The van der Waals surface area contributed by atoms with Crippen LogP contribution in [0.25, 0.3) is 22.2 Å². The summed E-state index contributed by atoms with van der Waals surface area (Å²) in [6, 6.07) is 22.2. The molecule has 0 aliphatic rings. The molecule has 0 fully saturated rings. The van der Waals surface area contributed by atoms with Gasteiger partial charge in [-0.05, 0) is 30.3 Å². The number of anilines is 1. The van der Waals surface area contributed by atoms with E-state index in [1.54, 1.807) is 30.3 Å². The maximum absolute atomic E-state index is 12.9. The maximum Gasteiger partial charge on any atom is 0.256 e. The minimum absolute atomic E-state index is 0.217. The van der Waals surface area contributed by atoms with Crippen molar-refractivity contribution in [3.63, 3.8) is 0 Å². The van der Waals surface area contributed by atoms with Gasteiger partial charge in [-0.2, -0.15) is 0 Å². The quantitative estimate of drug-likeness (QED) is 0.546. The topological polar surface area (TPSA) is 54.9 Å². The Balaban J connectivity index is 1.78. The van der Waals surface area contributed by atoms with Crippen molar-refractivity contribution in [2.45, 2.75) is 0 Å². The van der Waals surface area contributed by atoms with Crippen LogP contribution in [0, 0.1) is 0 Å². The van der Waals surface area contributed by atoms with Gasteiger partial charge in [0.25, 0.3) is 5.91 Å². The number of halogens is 1. The van der Waals surface area contributed by atoms with Crippen LogP contribution in [0.4, 0.5) is 5.69 Å². The second-order valence-electron chi connectivity index (χ2n) is 5.75. The number of fused-ring (bicyclic) bond motifs is 1. The molecule has 0 aliphatic carbocycles. The molecular formula is C21H14ClN3O. The predicted molar refractivity (Wildman–Crippen MR) is 104 cm³/mol. The van der Waals surface area contributed by atoms with Gasteiger partial charge in [-0.3, -0.25) is 4.79 Å². The molecule has 4 aromatic rings. The highest BCUT2D eigenvalue weighted by molar-refractivity contribution is 6.31. The molecule has 1 amide bonds. The van der Waals surface area contributed by atoms with E-state index < -0.39 is 0 Å². The van der Waals surface area contributed by atoms with E-state index in [2.05, 4.69) is 15.3 Å². The smallest absolute Gasteiger partial charge is 0.256 e. The van der Waals surface area contributed by atoms with Crippen molar-refractivity contribution in [1.29, 1.82) is 0 Å². The summed E-state index contributed by atoms with van der Waals surface area (Å²) in [6.45, 7) is 0. The summed E-state index contributed by atoms with van der Waals surface area (Å²) in [6.07, 6.45) is 1.52. The molecular weight excluding hydrogens is 346 g/mol. The van der Waals surface area contributed by atoms with Crippen molar-refractivity contribution in [2.24, 2.45) is 0 Å². The first kappa shape index (κ1) is 16.2. The van der Waals surface area contributed by atoms with E-state index in [1.807, 2.05) is 42.5 Å². The van der Waals surface area contributed by atoms with E-state index in [0.29, 0.717) is 16.3 Å². The summed E-state index contributed by atoms with van der Waals surface area (Å²) in [5.41, 5.74) is 3.50. The number of aromatic nitrogens is 2. The first-order valence-electron chi connectivity index (χ1n) is 8.08. The fraction of sp³-hybridized carbons (Fsp3) is 0. The van der Waals surface area contributed by atoms with Crippen LogP contribution in [-0.4, -0.2) is 15.9 Å². The Morgan fingerprint density at radius 1 is 0.885 bits per heavy atom. The van der Waals surface area contributed by atoms with Gasteiger partial charge in [0, 0.05) is 27.2 Å². The van der Waals surface area contributed by atoms with E-state index in [1.165, 1.54) is 6.33 Å². The molecule has 0 saturated carbocycles. The number of hydrogen-bond acceptors (Lipinski definition) is 3. The SMILES string of the molecule is O=C(Nc1cccc(Cl)c1)c1ccccc1-c1ncnc2ccccc12. The lowest BCUT2D eigenvalue weighted by Crippen LogP contribution is -2.13. The molecule has 1 N–H and O–H groups in total. The van der Waals surface area contributed by atoms with E-state index in [-0.39, 0.29) is 5.91 Å². The Morgan fingerprint density at radius 2 is 1.69 bits per heavy atom. The van der Waals surface area contributed by atoms with E-state index in [9.17, 15) is 4.79 Å². The van der Waals surface area contributed by atoms with Crippen LogP contribution < -0.4 is 5.32 Å². The Kier molecular flexibility index (Phi) is 4.33. The number of carbonyl (C=O) groups is 1. The van der Waals surface area contributed by atoms with Crippen LogP contribution in [0.5, 0.6) is 0 Å². The highest BCUT2D eigenvalue weighted by Crippen LogP contribution is 2.28. The highest BCUT2D eigenvalue weighted by atomic mass is 35.5. The lowest BCUT2D eigenvalue weighted by Gasteiger charge is -2.11. The maximum atomic E-state index is 12.9. The molecule has 0 radical (unpaired) electrons. The van der Waals surface area contributed by atoms with Gasteiger partial charge in [0.15, 0.2) is 0 Å². The summed E-state index contributed by atoms with van der Waals surface area (Å²) < 4.78 is 0. The van der Waals surface area contributed by atoms with Crippen LogP contribution >= 0.6 is 11.6 Å². The molecule has 4 nitrogen and oxygen atoms in total. The van der Waals surface area contributed by atoms with Crippen molar-refractivity contribution in [3.8, 4) is 11.3 Å². The summed E-state index contributed by atoms with van der Waals surface area (Å²) in [5.74, 6) is -0.217. The Labute approximate surface area is 155 Å². The molecule has 1 heterocycles. The standard InChI is InChI=1S/C21H14ClN3O/c22-14-6-5-7-15(12-14)25-21(26)17-9-2-1-8-16(17)20-18-10-3-4-11-19(18)23-13-24-20/h1-13H,(H,25,26).